The highest BCUT2D eigenvalue weighted by molar-refractivity contribution is 5.55. The molecular weight excluding hydrogens is 222 g/mol. The fourth-order valence-electron chi connectivity index (χ4n) is 2.03. The molecule has 3 N–H and O–H groups in total. The van der Waals surface area contributed by atoms with Crippen LogP contribution in [-0.4, -0.2) is 25.9 Å². The summed E-state index contributed by atoms with van der Waals surface area (Å²) in [5, 5.41) is 9.82. The molecule has 0 aliphatic heterocycles. The number of methoxy groups -OCH3 is 2. The second-order valence-electron chi connectivity index (χ2n) is 4.32. The molecular formula is C12H17NO4. The van der Waals surface area contributed by atoms with Crippen LogP contribution in [0.25, 0.3) is 0 Å². The maximum atomic E-state index is 9.82. The van der Waals surface area contributed by atoms with Crippen LogP contribution in [0.2, 0.25) is 0 Å². The normalized spacial score (nSPS) is 16.6. The first-order valence-corrected chi connectivity index (χ1v) is 5.44. The van der Waals surface area contributed by atoms with Crippen LogP contribution in [0.15, 0.2) is 12.1 Å². The Balaban J connectivity index is 2.41. The molecule has 1 aromatic carbocycles. The average molecular weight is 239 g/mol. The van der Waals surface area contributed by atoms with Gasteiger partial charge in [-0.15, -0.1) is 0 Å². The lowest BCUT2D eigenvalue weighted by Gasteiger charge is -2.17. The summed E-state index contributed by atoms with van der Waals surface area (Å²) in [4.78, 5) is 4.76. The largest absolute Gasteiger partial charge is 0.502 e. The van der Waals surface area contributed by atoms with Crippen LogP contribution in [0, 0.1) is 0 Å². The first-order chi connectivity index (χ1) is 8.16. The smallest absolute Gasteiger partial charge is 0.200 e. The van der Waals surface area contributed by atoms with Gasteiger partial charge in [-0.3, -0.25) is 0 Å². The molecule has 1 aliphatic rings. The number of aromatic hydroxyl groups is 1. The molecule has 0 amide bonds. The highest BCUT2D eigenvalue weighted by Crippen LogP contribution is 2.51. The van der Waals surface area contributed by atoms with E-state index in [1.54, 1.807) is 0 Å². The van der Waals surface area contributed by atoms with Crippen molar-refractivity contribution in [1.82, 2.24) is 0 Å². The standard InChI is InChI=1S/C12H17NO4/c1-15-9-5-8(6-10(16-2)11(9)14)12(3-4-12)7-17-13/h5-6,14H,3-4,7,13H2,1-2H3. The number of hydrogen-bond donors (Lipinski definition) is 2. The van der Waals surface area contributed by atoms with E-state index in [1.807, 2.05) is 12.1 Å². The SMILES string of the molecule is COc1cc(C2(CON)CC2)cc(OC)c1O. The van der Waals surface area contributed by atoms with Crippen LogP contribution in [0.4, 0.5) is 0 Å². The summed E-state index contributed by atoms with van der Waals surface area (Å²) in [6, 6.07) is 3.62. The summed E-state index contributed by atoms with van der Waals surface area (Å²) in [5.74, 6) is 5.98. The van der Waals surface area contributed by atoms with E-state index < -0.39 is 0 Å². The molecule has 2 rings (SSSR count). The van der Waals surface area contributed by atoms with Crippen LogP contribution in [0.5, 0.6) is 17.2 Å². The lowest BCUT2D eigenvalue weighted by Crippen LogP contribution is -2.18. The summed E-state index contributed by atoms with van der Waals surface area (Å²) in [6.45, 7) is 0.462. The second-order valence-corrected chi connectivity index (χ2v) is 4.32. The van der Waals surface area contributed by atoms with Crippen molar-refractivity contribution in [2.24, 2.45) is 5.90 Å². The minimum Gasteiger partial charge on any atom is -0.502 e. The molecule has 0 radical (unpaired) electrons. The lowest BCUT2D eigenvalue weighted by molar-refractivity contribution is 0.116. The monoisotopic (exact) mass is 239 g/mol. The molecule has 94 valence electrons. The van der Waals surface area contributed by atoms with Gasteiger partial charge in [0.15, 0.2) is 11.5 Å². The molecule has 1 saturated carbocycles. The molecule has 0 atom stereocenters. The number of phenols is 1. The predicted octanol–water partition coefficient (Wildman–Crippen LogP) is 1.33. The molecule has 0 spiro atoms. The Hall–Kier alpha value is -1.46. The lowest BCUT2D eigenvalue weighted by atomic mass is 9.96. The van der Waals surface area contributed by atoms with E-state index in [0.717, 1.165) is 18.4 Å². The zero-order valence-corrected chi connectivity index (χ0v) is 10.0. The summed E-state index contributed by atoms with van der Waals surface area (Å²) >= 11 is 0. The van der Waals surface area contributed by atoms with E-state index in [2.05, 4.69) is 0 Å². The van der Waals surface area contributed by atoms with Crippen molar-refractivity contribution in [2.45, 2.75) is 18.3 Å². The third-order valence-corrected chi connectivity index (χ3v) is 3.31. The van der Waals surface area contributed by atoms with Crippen molar-refractivity contribution in [3.63, 3.8) is 0 Å². The van der Waals surface area contributed by atoms with Crippen LogP contribution < -0.4 is 15.4 Å². The summed E-state index contributed by atoms with van der Waals surface area (Å²) < 4.78 is 10.3. The number of phenolic OH excluding ortho intramolecular Hbond substituents is 1. The van der Waals surface area contributed by atoms with E-state index >= 15 is 0 Å². The number of rotatable bonds is 5. The maximum Gasteiger partial charge on any atom is 0.200 e. The quantitative estimate of drug-likeness (QED) is 0.758. The first-order valence-electron chi connectivity index (χ1n) is 5.44. The molecule has 17 heavy (non-hydrogen) atoms. The Kier molecular flexibility index (Phi) is 3.13. The highest BCUT2D eigenvalue weighted by atomic mass is 16.6. The van der Waals surface area contributed by atoms with Gasteiger partial charge in [-0.25, -0.2) is 5.90 Å². The van der Waals surface area contributed by atoms with Gasteiger partial charge in [0.25, 0.3) is 0 Å². The molecule has 0 heterocycles. The fourth-order valence-corrected chi connectivity index (χ4v) is 2.03. The summed E-state index contributed by atoms with van der Waals surface area (Å²) in [7, 11) is 3.02. The molecule has 0 saturated heterocycles. The summed E-state index contributed by atoms with van der Waals surface area (Å²) in [5.41, 5.74) is 0.970. The van der Waals surface area contributed by atoms with Crippen LogP contribution >= 0.6 is 0 Å². The number of benzene rings is 1. The molecule has 0 unspecified atom stereocenters. The van der Waals surface area contributed by atoms with Crippen molar-refractivity contribution in [3.05, 3.63) is 17.7 Å². The van der Waals surface area contributed by atoms with Gasteiger partial charge < -0.3 is 19.4 Å². The zero-order valence-electron chi connectivity index (χ0n) is 10.0. The minimum atomic E-state index is -0.0526. The Morgan fingerprint density at radius 1 is 1.24 bits per heavy atom. The van der Waals surface area contributed by atoms with Gasteiger partial charge in [0.1, 0.15) is 0 Å². The number of ether oxygens (including phenoxy) is 2. The Labute approximate surface area is 100 Å². The van der Waals surface area contributed by atoms with Gasteiger partial charge in [0.05, 0.1) is 20.8 Å². The van der Waals surface area contributed by atoms with Crippen molar-refractivity contribution in [3.8, 4) is 17.2 Å². The van der Waals surface area contributed by atoms with Gasteiger partial charge in [-0.2, -0.15) is 0 Å². The van der Waals surface area contributed by atoms with Gasteiger partial charge in [-0.1, -0.05) is 0 Å². The minimum absolute atomic E-state index is 0.0169. The predicted molar refractivity (Wildman–Crippen MR) is 62.3 cm³/mol. The topological polar surface area (TPSA) is 73.9 Å². The van der Waals surface area contributed by atoms with Crippen molar-refractivity contribution >= 4 is 0 Å². The van der Waals surface area contributed by atoms with E-state index in [4.69, 9.17) is 20.2 Å². The van der Waals surface area contributed by atoms with E-state index in [9.17, 15) is 5.11 Å². The van der Waals surface area contributed by atoms with E-state index in [1.165, 1.54) is 14.2 Å². The Bertz CT molecular complexity index is 390. The van der Waals surface area contributed by atoms with Crippen molar-refractivity contribution in [1.29, 1.82) is 0 Å². The van der Waals surface area contributed by atoms with Gasteiger partial charge in [0, 0.05) is 5.41 Å². The van der Waals surface area contributed by atoms with Crippen LogP contribution in [0.3, 0.4) is 0 Å². The molecule has 5 nitrogen and oxygen atoms in total. The third-order valence-electron chi connectivity index (χ3n) is 3.31. The number of hydrogen-bond acceptors (Lipinski definition) is 5. The molecule has 1 aliphatic carbocycles. The first kappa shape index (κ1) is 12.0. The van der Waals surface area contributed by atoms with Crippen LogP contribution in [0.1, 0.15) is 18.4 Å². The maximum absolute atomic E-state index is 9.82. The Morgan fingerprint density at radius 2 is 1.76 bits per heavy atom. The Morgan fingerprint density at radius 3 is 2.12 bits per heavy atom. The van der Waals surface area contributed by atoms with E-state index in [-0.39, 0.29) is 11.2 Å². The number of nitrogens with two attached hydrogens (primary N) is 1. The average Bonchev–Trinajstić information content (AvgIpc) is 3.11. The molecule has 0 bridgehead atoms. The van der Waals surface area contributed by atoms with Crippen LogP contribution in [-0.2, 0) is 10.3 Å². The van der Waals surface area contributed by atoms with Crippen molar-refractivity contribution in [2.75, 3.05) is 20.8 Å². The van der Waals surface area contributed by atoms with Gasteiger partial charge in [0.2, 0.25) is 5.75 Å². The third kappa shape index (κ3) is 2.03. The zero-order chi connectivity index (χ0) is 12.5. The van der Waals surface area contributed by atoms with E-state index in [0.29, 0.717) is 18.1 Å². The summed E-state index contributed by atoms with van der Waals surface area (Å²) in [6.07, 6.45) is 2.03. The second kappa shape index (κ2) is 4.43. The molecule has 5 heteroatoms. The molecule has 1 aromatic rings. The fraction of sp³-hybridized carbons (Fsp3) is 0.500. The molecule has 1 fully saturated rings. The molecule has 0 aromatic heterocycles. The van der Waals surface area contributed by atoms with Gasteiger partial charge in [-0.05, 0) is 30.5 Å². The van der Waals surface area contributed by atoms with Gasteiger partial charge >= 0.3 is 0 Å². The highest BCUT2D eigenvalue weighted by Gasteiger charge is 2.45. The van der Waals surface area contributed by atoms with Crippen molar-refractivity contribution < 1.29 is 19.4 Å².